The molecule has 2 aromatic rings. The van der Waals surface area contributed by atoms with Gasteiger partial charge in [-0.15, -0.1) is 0 Å². The van der Waals surface area contributed by atoms with Gasteiger partial charge in [0.25, 0.3) is 0 Å². The predicted octanol–water partition coefficient (Wildman–Crippen LogP) is 5.20. The van der Waals surface area contributed by atoms with Crippen LogP contribution in [0, 0.1) is 6.92 Å². The van der Waals surface area contributed by atoms with E-state index in [2.05, 4.69) is 43.4 Å². The lowest BCUT2D eigenvalue weighted by atomic mass is 9.97. The highest BCUT2D eigenvalue weighted by Crippen LogP contribution is 2.32. The molecule has 0 radical (unpaired) electrons. The van der Waals surface area contributed by atoms with E-state index in [1.54, 1.807) is 0 Å². The fourth-order valence-corrected chi connectivity index (χ4v) is 3.10. The lowest BCUT2D eigenvalue weighted by Gasteiger charge is -2.21. The number of aryl methyl sites for hydroxylation is 1. The topological polar surface area (TPSA) is 12.0 Å². The third-order valence-electron chi connectivity index (χ3n) is 3.32. The number of likely N-dealkylation sites (N-methyl/N-ethyl adjacent to an activating group) is 1. The van der Waals surface area contributed by atoms with Gasteiger partial charge in [0.2, 0.25) is 0 Å². The van der Waals surface area contributed by atoms with Gasteiger partial charge >= 0.3 is 0 Å². The van der Waals surface area contributed by atoms with Crippen LogP contribution in [0.15, 0.2) is 42.5 Å². The molecule has 2 aromatic carbocycles. The molecular formula is C17H19Cl2N. The van der Waals surface area contributed by atoms with Crippen molar-refractivity contribution >= 4 is 23.2 Å². The summed E-state index contributed by atoms with van der Waals surface area (Å²) in [5.74, 6) is 0. The highest BCUT2D eigenvalue weighted by Gasteiger charge is 2.17. The van der Waals surface area contributed by atoms with E-state index in [1.807, 2.05) is 18.2 Å². The summed E-state index contributed by atoms with van der Waals surface area (Å²) in [5, 5.41) is 4.92. The minimum absolute atomic E-state index is 0.128. The lowest BCUT2D eigenvalue weighted by Crippen LogP contribution is -2.23. The summed E-state index contributed by atoms with van der Waals surface area (Å²) in [5.41, 5.74) is 3.54. The monoisotopic (exact) mass is 307 g/mol. The van der Waals surface area contributed by atoms with Gasteiger partial charge in [-0.05, 0) is 37.6 Å². The summed E-state index contributed by atoms with van der Waals surface area (Å²) in [6.45, 7) is 5.07. The number of rotatable bonds is 5. The van der Waals surface area contributed by atoms with Gasteiger partial charge < -0.3 is 5.32 Å². The Morgan fingerprint density at radius 2 is 1.70 bits per heavy atom. The van der Waals surface area contributed by atoms with Crippen LogP contribution in [0.2, 0.25) is 10.0 Å². The van der Waals surface area contributed by atoms with Crippen molar-refractivity contribution in [2.75, 3.05) is 6.54 Å². The highest BCUT2D eigenvalue weighted by molar-refractivity contribution is 6.36. The summed E-state index contributed by atoms with van der Waals surface area (Å²) < 4.78 is 0. The van der Waals surface area contributed by atoms with E-state index in [0.717, 1.165) is 28.6 Å². The first-order valence-corrected chi connectivity index (χ1v) is 7.60. The maximum atomic E-state index is 6.33. The zero-order valence-corrected chi connectivity index (χ0v) is 13.3. The van der Waals surface area contributed by atoms with Crippen molar-refractivity contribution in [2.24, 2.45) is 0 Å². The van der Waals surface area contributed by atoms with E-state index in [1.165, 1.54) is 11.1 Å². The van der Waals surface area contributed by atoms with E-state index >= 15 is 0 Å². The Bertz CT molecular complexity index is 561. The smallest absolute Gasteiger partial charge is 0.0468 e. The number of nitrogens with one attached hydrogen (secondary N) is 1. The zero-order valence-electron chi connectivity index (χ0n) is 11.8. The third-order valence-corrected chi connectivity index (χ3v) is 3.98. The molecule has 1 N–H and O–H groups in total. The number of hydrogen-bond acceptors (Lipinski definition) is 1. The molecule has 106 valence electrons. The first-order valence-electron chi connectivity index (χ1n) is 6.84. The Morgan fingerprint density at radius 3 is 2.30 bits per heavy atom. The molecule has 2 rings (SSSR count). The van der Waals surface area contributed by atoms with Crippen LogP contribution in [0.5, 0.6) is 0 Å². The second-order valence-electron chi connectivity index (χ2n) is 4.94. The van der Waals surface area contributed by atoms with Gasteiger partial charge in [-0.1, -0.05) is 66.0 Å². The highest BCUT2D eigenvalue weighted by atomic mass is 35.5. The Hall–Kier alpha value is -1.02. The molecule has 1 nitrogen and oxygen atoms in total. The molecule has 0 saturated heterocycles. The molecule has 0 spiro atoms. The minimum atomic E-state index is 0.128. The second kappa shape index (κ2) is 7.12. The Kier molecular flexibility index (Phi) is 5.47. The van der Waals surface area contributed by atoms with Crippen LogP contribution >= 0.6 is 23.2 Å². The first-order chi connectivity index (χ1) is 9.61. The van der Waals surface area contributed by atoms with E-state index in [0.29, 0.717) is 0 Å². The fourth-order valence-electron chi connectivity index (χ4n) is 2.44. The molecule has 0 heterocycles. The van der Waals surface area contributed by atoms with Crippen LogP contribution in [0.1, 0.15) is 29.7 Å². The van der Waals surface area contributed by atoms with Crippen LogP contribution in [0.25, 0.3) is 0 Å². The van der Waals surface area contributed by atoms with E-state index in [4.69, 9.17) is 23.2 Å². The SMILES string of the molecule is CCNC(Cc1cccc(C)c1)c1c(Cl)cccc1Cl. The molecule has 0 aliphatic carbocycles. The molecule has 1 atom stereocenters. The van der Waals surface area contributed by atoms with Crippen LogP contribution in [-0.2, 0) is 6.42 Å². The van der Waals surface area contributed by atoms with Crippen LogP contribution in [0.4, 0.5) is 0 Å². The van der Waals surface area contributed by atoms with E-state index < -0.39 is 0 Å². The van der Waals surface area contributed by atoms with Crippen molar-refractivity contribution in [1.29, 1.82) is 0 Å². The van der Waals surface area contributed by atoms with Gasteiger partial charge in [0, 0.05) is 21.7 Å². The van der Waals surface area contributed by atoms with Crippen molar-refractivity contribution in [3.63, 3.8) is 0 Å². The van der Waals surface area contributed by atoms with E-state index in [9.17, 15) is 0 Å². The number of hydrogen-bond donors (Lipinski definition) is 1. The Balaban J connectivity index is 2.32. The van der Waals surface area contributed by atoms with Crippen LogP contribution < -0.4 is 5.32 Å². The van der Waals surface area contributed by atoms with Gasteiger partial charge in [0.1, 0.15) is 0 Å². The normalized spacial score (nSPS) is 12.4. The molecule has 0 aliphatic heterocycles. The van der Waals surface area contributed by atoms with Crippen molar-refractivity contribution in [3.8, 4) is 0 Å². The summed E-state index contributed by atoms with van der Waals surface area (Å²) >= 11 is 12.7. The zero-order chi connectivity index (χ0) is 14.5. The van der Waals surface area contributed by atoms with Gasteiger partial charge in [-0.3, -0.25) is 0 Å². The standard InChI is InChI=1S/C17H19Cl2N/c1-3-20-16(11-13-7-4-6-12(2)10-13)17-14(18)8-5-9-15(17)19/h4-10,16,20H,3,11H2,1-2H3. The van der Waals surface area contributed by atoms with Crippen molar-refractivity contribution in [3.05, 3.63) is 69.2 Å². The maximum absolute atomic E-state index is 6.33. The molecule has 0 saturated carbocycles. The Labute approximate surface area is 130 Å². The molecule has 0 aromatic heterocycles. The van der Waals surface area contributed by atoms with Gasteiger partial charge in [0.05, 0.1) is 0 Å². The molecule has 1 unspecified atom stereocenters. The summed E-state index contributed by atoms with van der Waals surface area (Å²) in [6.07, 6.45) is 0.874. The van der Waals surface area contributed by atoms with E-state index in [-0.39, 0.29) is 6.04 Å². The largest absolute Gasteiger partial charge is 0.310 e. The molecule has 0 bridgehead atoms. The van der Waals surface area contributed by atoms with Gasteiger partial charge in [-0.25, -0.2) is 0 Å². The van der Waals surface area contributed by atoms with Crippen molar-refractivity contribution < 1.29 is 0 Å². The summed E-state index contributed by atoms with van der Waals surface area (Å²) in [6, 6.07) is 14.3. The number of halogens is 2. The van der Waals surface area contributed by atoms with Gasteiger partial charge in [0.15, 0.2) is 0 Å². The lowest BCUT2D eigenvalue weighted by molar-refractivity contribution is 0.550. The molecule has 0 aliphatic rings. The third kappa shape index (κ3) is 3.76. The average molecular weight is 308 g/mol. The molecule has 0 amide bonds. The molecule has 3 heteroatoms. The number of benzene rings is 2. The molecule has 20 heavy (non-hydrogen) atoms. The second-order valence-corrected chi connectivity index (χ2v) is 5.75. The van der Waals surface area contributed by atoms with Crippen molar-refractivity contribution in [1.82, 2.24) is 5.32 Å². The predicted molar refractivity (Wildman–Crippen MR) is 87.8 cm³/mol. The summed E-state index contributed by atoms with van der Waals surface area (Å²) in [4.78, 5) is 0. The quantitative estimate of drug-likeness (QED) is 0.801. The van der Waals surface area contributed by atoms with Crippen molar-refractivity contribution in [2.45, 2.75) is 26.3 Å². The van der Waals surface area contributed by atoms with Crippen LogP contribution in [-0.4, -0.2) is 6.54 Å². The minimum Gasteiger partial charge on any atom is -0.310 e. The van der Waals surface area contributed by atoms with Gasteiger partial charge in [-0.2, -0.15) is 0 Å². The first kappa shape index (κ1) is 15.4. The molecular weight excluding hydrogens is 289 g/mol. The summed E-state index contributed by atoms with van der Waals surface area (Å²) in [7, 11) is 0. The fraction of sp³-hybridized carbons (Fsp3) is 0.294. The maximum Gasteiger partial charge on any atom is 0.0468 e. The Morgan fingerprint density at radius 1 is 1.05 bits per heavy atom. The molecule has 0 fully saturated rings. The average Bonchev–Trinajstić information content (AvgIpc) is 2.38. The van der Waals surface area contributed by atoms with Crippen LogP contribution in [0.3, 0.4) is 0 Å².